The lowest BCUT2D eigenvalue weighted by Crippen LogP contribution is -2.26. The van der Waals surface area contributed by atoms with E-state index in [9.17, 15) is 18.0 Å². The number of fused-ring (bicyclic) bond motifs is 1. The third-order valence-corrected chi connectivity index (χ3v) is 5.96. The van der Waals surface area contributed by atoms with Crippen molar-refractivity contribution in [2.24, 2.45) is 5.92 Å². The van der Waals surface area contributed by atoms with Gasteiger partial charge in [0, 0.05) is 17.1 Å². The van der Waals surface area contributed by atoms with Crippen LogP contribution in [0.4, 0.5) is 13.2 Å². The van der Waals surface area contributed by atoms with Crippen molar-refractivity contribution in [1.82, 2.24) is 10.3 Å². The molecule has 4 nitrogen and oxygen atoms in total. The smallest absolute Gasteiger partial charge is 0.392 e. The molecule has 1 aliphatic carbocycles. The summed E-state index contributed by atoms with van der Waals surface area (Å²) in [5.41, 5.74) is 3.84. The number of carbonyl (C=O) groups excluding carboxylic acids is 1. The first-order valence-electron chi connectivity index (χ1n) is 11.1. The van der Waals surface area contributed by atoms with Crippen molar-refractivity contribution < 1.29 is 22.7 Å². The van der Waals surface area contributed by atoms with Crippen LogP contribution in [0.3, 0.4) is 0 Å². The highest BCUT2D eigenvalue weighted by Crippen LogP contribution is 2.40. The number of hydrogen-bond acceptors (Lipinski definition) is 3. The SMILES string of the molecule is C/C=C\OC(CNC(=O)c1cnc2c(C3=CCC(C(F)(F)F)CC3)cccc2c1)=C(C)CC. The first-order chi connectivity index (χ1) is 15.7. The molecule has 1 atom stereocenters. The third kappa shape index (κ3) is 6.03. The van der Waals surface area contributed by atoms with Crippen LogP contribution in [-0.2, 0) is 4.74 Å². The van der Waals surface area contributed by atoms with Crippen molar-refractivity contribution in [3.63, 3.8) is 0 Å². The van der Waals surface area contributed by atoms with E-state index in [1.165, 1.54) is 6.20 Å². The van der Waals surface area contributed by atoms with Gasteiger partial charge in [-0.2, -0.15) is 13.2 Å². The number of para-hydroxylation sites is 1. The number of ether oxygens (including phenoxy) is 1. The van der Waals surface area contributed by atoms with Crippen molar-refractivity contribution in [1.29, 1.82) is 0 Å². The number of amides is 1. The Bertz CT molecular complexity index is 1100. The van der Waals surface area contributed by atoms with Gasteiger partial charge < -0.3 is 10.1 Å². The minimum absolute atomic E-state index is 0.0158. The van der Waals surface area contributed by atoms with Crippen LogP contribution < -0.4 is 5.32 Å². The number of carbonyl (C=O) groups is 1. The summed E-state index contributed by atoms with van der Waals surface area (Å²) < 4.78 is 44.6. The van der Waals surface area contributed by atoms with Crippen LogP contribution >= 0.6 is 0 Å². The number of allylic oxidation sites excluding steroid dienone is 4. The van der Waals surface area contributed by atoms with Gasteiger partial charge in [0.1, 0.15) is 5.76 Å². The molecule has 1 aromatic carbocycles. The van der Waals surface area contributed by atoms with Gasteiger partial charge in [-0.25, -0.2) is 0 Å². The molecular formula is C26H29F3N2O2. The number of pyridine rings is 1. The maximum atomic E-state index is 13.0. The molecule has 2 aromatic rings. The highest BCUT2D eigenvalue weighted by atomic mass is 19.4. The Morgan fingerprint density at radius 3 is 2.76 bits per heavy atom. The zero-order chi connectivity index (χ0) is 24.0. The predicted octanol–water partition coefficient (Wildman–Crippen LogP) is 6.94. The molecule has 0 saturated carbocycles. The number of alkyl halides is 3. The summed E-state index contributed by atoms with van der Waals surface area (Å²) in [6.07, 6.45) is 3.60. The first kappa shape index (κ1) is 24.6. The van der Waals surface area contributed by atoms with E-state index in [0.29, 0.717) is 23.3 Å². The molecule has 0 radical (unpaired) electrons. The lowest BCUT2D eigenvalue weighted by atomic mass is 9.85. The Kier molecular flexibility index (Phi) is 7.95. The molecule has 7 heteroatoms. The largest absolute Gasteiger partial charge is 0.468 e. The molecule has 1 heterocycles. The predicted molar refractivity (Wildman–Crippen MR) is 124 cm³/mol. The van der Waals surface area contributed by atoms with Gasteiger partial charge in [-0.15, -0.1) is 0 Å². The standard InChI is InChI=1S/C26H29F3N2O2/c1-4-13-33-23(17(3)5-2)16-31-25(32)20-14-19-7-6-8-22(24(19)30-15-20)18-9-11-21(12-10-18)26(27,28)29/h4,6-9,13-15,21H,5,10-12,16H2,1-3H3,(H,31,32)/b13-4-,23-17?. The Hall–Kier alpha value is -3.09. The fourth-order valence-corrected chi connectivity index (χ4v) is 3.82. The number of halogens is 3. The van der Waals surface area contributed by atoms with E-state index in [1.807, 2.05) is 39.0 Å². The summed E-state index contributed by atoms with van der Waals surface area (Å²) in [5, 5.41) is 3.64. The summed E-state index contributed by atoms with van der Waals surface area (Å²) in [4.78, 5) is 17.2. The normalized spacial score (nSPS) is 17.6. The molecule has 3 rings (SSSR count). The third-order valence-electron chi connectivity index (χ3n) is 5.96. The summed E-state index contributed by atoms with van der Waals surface area (Å²) in [5.74, 6) is -0.863. The molecule has 1 N–H and O–H groups in total. The monoisotopic (exact) mass is 458 g/mol. The molecule has 0 spiro atoms. The lowest BCUT2D eigenvalue weighted by Gasteiger charge is -2.24. The molecule has 0 bridgehead atoms. The number of aromatic nitrogens is 1. The highest BCUT2D eigenvalue weighted by molar-refractivity contribution is 5.99. The van der Waals surface area contributed by atoms with E-state index in [-0.39, 0.29) is 25.3 Å². The quantitative estimate of drug-likeness (QED) is 0.457. The van der Waals surface area contributed by atoms with Gasteiger partial charge in [0.05, 0.1) is 29.8 Å². The fraction of sp³-hybridized carbons (Fsp3) is 0.385. The van der Waals surface area contributed by atoms with Gasteiger partial charge in [0.15, 0.2) is 0 Å². The van der Waals surface area contributed by atoms with Gasteiger partial charge in [0.2, 0.25) is 0 Å². The molecule has 176 valence electrons. The molecule has 0 fully saturated rings. The minimum Gasteiger partial charge on any atom is -0.468 e. The van der Waals surface area contributed by atoms with Crippen LogP contribution in [0.25, 0.3) is 16.5 Å². The van der Waals surface area contributed by atoms with E-state index in [4.69, 9.17) is 4.74 Å². The van der Waals surface area contributed by atoms with Crippen molar-refractivity contribution in [3.05, 3.63) is 71.3 Å². The average molecular weight is 459 g/mol. The average Bonchev–Trinajstić information content (AvgIpc) is 2.82. The number of rotatable bonds is 7. The van der Waals surface area contributed by atoms with Crippen molar-refractivity contribution in [2.45, 2.75) is 52.6 Å². The molecule has 1 unspecified atom stereocenters. The molecule has 33 heavy (non-hydrogen) atoms. The lowest BCUT2D eigenvalue weighted by molar-refractivity contribution is -0.175. The Morgan fingerprint density at radius 2 is 2.12 bits per heavy atom. The number of nitrogens with zero attached hydrogens (tertiary/aromatic N) is 1. The van der Waals surface area contributed by atoms with E-state index in [1.54, 1.807) is 24.5 Å². The van der Waals surface area contributed by atoms with E-state index < -0.39 is 12.1 Å². The maximum Gasteiger partial charge on any atom is 0.392 e. The van der Waals surface area contributed by atoms with Crippen LogP contribution in [-0.4, -0.2) is 23.6 Å². The van der Waals surface area contributed by atoms with Crippen LogP contribution in [0.1, 0.15) is 62.4 Å². The van der Waals surface area contributed by atoms with Crippen LogP contribution in [0, 0.1) is 5.92 Å². The minimum atomic E-state index is -4.16. The van der Waals surface area contributed by atoms with Crippen molar-refractivity contribution >= 4 is 22.4 Å². The Labute approximate surface area is 192 Å². The fourth-order valence-electron chi connectivity index (χ4n) is 3.82. The number of benzene rings is 1. The van der Waals surface area contributed by atoms with E-state index in [2.05, 4.69) is 10.3 Å². The zero-order valence-electron chi connectivity index (χ0n) is 19.1. The summed E-state index contributed by atoms with van der Waals surface area (Å²) in [6.45, 7) is 6.09. The Morgan fingerprint density at radius 1 is 1.33 bits per heavy atom. The molecule has 1 aliphatic rings. The number of nitrogens with one attached hydrogen (secondary N) is 1. The molecular weight excluding hydrogens is 429 g/mol. The molecule has 0 saturated heterocycles. The zero-order valence-corrected chi connectivity index (χ0v) is 19.1. The maximum absolute atomic E-state index is 13.0. The summed E-state index contributed by atoms with van der Waals surface area (Å²) in [7, 11) is 0. The molecule has 0 aliphatic heterocycles. The summed E-state index contributed by atoms with van der Waals surface area (Å²) in [6, 6.07) is 7.32. The van der Waals surface area contributed by atoms with Gasteiger partial charge in [0.25, 0.3) is 5.91 Å². The van der Waals surface area contributed by atoms with Gasteiger partial charge in [-0.3, -0.25) is 9.78 Å². The highest BCUT2D eigenvalue weighted by Gasteiger charge is 2.39. The first-order valence-corrected chi connectivity index (χ1v) is 11.1. The van der Waals surface area contributed by atoms with Crippen molar-refractivity contribution in [3.8, 4) is 0 Å². The van der Waals surface area contributed by atoms with Crippen LogP contribution in [0.2, 0.25) is 0 Å². The van der Waals surface area contributed by atoms with Gasteiger partial charge in [-0.1, -0.05) is 37.3 Å². The Balaban J connectivity index is 1.78. The van der Waals surface area contributed by atoms with Gasteiger partial charge in [-0.05, 0) is 56.7 Å². The van der Waals surface area contributed by atoms with Crippen molar-refractivity contribution in [2.75, 3.05) is 6.54 Å². The van der Waals surface area contributed by atoms with E-state index >= 15 is 0 Å². The topological polar surface area (TPSA) is 51.2 Å². The molecule has 1 aromatic heterocycles. The molecule has 1 amide bonds. The second-order valence-corrected chi connectivity index (χ2v) is 8.17. The summed E-state index contributed by atoms with van der Waals surface area (Å²) >= 11 is 0. The second-order valence-electron chi connectivity index (χ2n) is 8.17. The number of hydrogen-bond donors (Lipinski definition) is 1. The van der Waals surface area contributed by atoms with E-state index in [0.717, 1.165) is 28.5 Å². The van der Waals surface area contributed by atoms with Crippen LogP contribution in [0.5, 0.6) is 0 Å². The van der Waals surface area contributed by atoms with Gasteiger partial charge >= 0.3 is 6.18 Å². The van der Waals surface area contributed by atoms with Crippen LogP contribution in [0.15, 0.2) is 60.2 Å². The second kappa shape index (κ2) is 10.7.